The third kappa shape index (κ3) is 10.6. The fourth-order valence-electron chi connectivity index (χ4n) is 3.34. The molecule has 36 heavy (non-hydrogen) atoms. The van der Waals surface area contributed by atoms with E-state index < -0.39 is 24.0 Å². The molecule has 0 saturated heterocycles. The fraction of sp³-hybridized carbons (Fsp3) is 0.481. The number of rotatable bonds is 17. The first kappa shape index (κ1) is 29.1. The van der Waals surface area contributed by atoms with Crippen LogP contribution in [0.25, 0.3) is 0 Å². The zero-order valence-corrected chi connectivity index (χ0v) is 21.0. The maximum Gasteiger partial charge on any atom is 0.415 e. The number of carboxylic acid groups (broad SMARTS) is 1. The average Bonchev–Trinajstić information content (AvgIpc) is 2.87. The smallest absolute Gasteiger partial charge is 0.415 e. The number of hydrogen-bond acceptors (Lipinski definition) is 6. The van der Waals surface area contributed by atoms with Gasteiger partial charge >= 0.3 is 12.1 Å². The van der Waals surface area contributed by atoms with Crippen molar-refractivity contribution in [3.63, 3.8) is 0 Å². The number of amides is 1. The van der Waals surface area contributed by atoms with Crippen LogP contribution in [0.5, 0.6) is 11.5 Å². The Morgan fingerprint density at radius 1 is 0.972 bits per heavy atom. The Bertz CT molecular complexity index is 923. The highest BCUT2D eigenvalue weighted by Crippen LogP contribution is 2.17. The van der Waals surface area contributed by atoms with Gasteiger partial charge in [-0.15, -0.1) is 0 Å². The van der Waals surface area contributed by atoms with Gasteiger partial charge in [-0.25, -0.2) is 14.0 Å². The number of carboxylic acids is 1. The van der Waals surface area contributed by atoms with Crippen LogP contribution in [0.4, 0.5) is 9.18 Å². The third-order valence-electron chi connectivity index (χ3n) is 5.31. The number of benzene rings is 2. The van der Waals surface area contributed by atoms with Crippen molar-refractivity contribution < 1.29 is 38.0 Å². The second-order valence-electron chi connectivity index (χ2n) is 8.08. The van der Waals surface area contributed by atoms with Gasteiger partial charge in [-0.1, -0.05) is 44.0 Å². The van der Waals surface area contributed by atoms with Gasteiger partial charge in [0.15, 0.2) is 17.7 Å². The zero-order chi connectivity index (χ0) is 26.2. The monoisotopic (exact) mass is 505 g/mol. The topological polar surface area (TPSA) is 94.5 Å². The molecule has 0 spiro atoms. The van der Waals surface area contributed by atoms with Gasteiger partial charge in [-0.3, -0.25) is 0 Å². The van der Waals surface area contributed by atoms with Crippen molar-refractivity contribution in [2.24, 2.45) is 0 Å². The van der Waals surface area contributed by atoms with Gasteiger partial charge < -0.3 is 29.0 Å². The Kier molecular flexibility index (Phi) is 13.3. The summed E-state index contributed by atoms with van der Waals surface area (Å²) in [5.41, 5.74) is 0.804. The van der Waals surface area contributed by atoms with Gasteiger partial charge in [0.05, 0.1) is 13.2 Å². The first-order chi connectivity index (χ1) is 17.4. The number of ether oxygens (including phenoxy) is 4. The van der Waals surface area contributed by atoms with Gasteiger partial charge in [-0.05, 0) is 43.2 Å². The minimum atomic E-state index is -1.01. The molecule has 0 heterocycles. The minimum absolute atomic E-state index is 0.139. The maximum atomic E-state index is 13.9. The molecule has 0 bridgehead atoms. The van der Waals surface area contributed by atoms with Crippen LogP contribution < -0.4 is 9.47 Å². The Balaban J connectivity index is 1.90. The Hall–Kier alpha value is -3.17. The first-order valence-electron chi connectivity index (χ1n) is 12.3. The summed E-state index contributed by atoms with van der Waals surface area (Å²) in [6.07, 6.45) is 1.78. The van der Waals surface area contributed by atoms with Crippen molar-refractivity contribution in [2.45, 2.75) is 45.6 Å². The number of unbranched alkanes of at least 4 members (excludes halogenated alkanes) is 2. The van der Waals surface area contributed by atoms with Crippen molar-refractivity contribution in [1.29, 1.82) is 0 Å². The molecule has 2 rings (SSSR count). The molecule has 198 valence electrons. The van der Waals surface area contributed by atoms with E-state index in [9.17, 15) is 19.1 Å². The molecule has 0 radical (unpaired) electrons. The van der Waals surface area contributed by atoms with E-state index in [0.717, 1.165) is 24.8 Å². The summed E-state index contributed by atoms with van der Waals surface area (Å²) in [7, 11) is 0. The minimum Gasteiger partial charge on any atom is -0.492 e. The molecule has 0 saturated carbocycles. The zero-order valence-electron chi connectivity index (χ0n) is 21.0. The molecular formula is C27H36FNO7. The predicted molar refractivity (Wildman–Crippen MR) is 133 cm³/mol. The SMILES string of the molecule is CCCCCOCCN(CCOc1ccc(CC(OCC)C(=O)O)cc1)C(=O)Oc1ccccc1F. The molecule has 0 aromatic heterocycles. The van der Waals surface area contributed by atoms with E-state index in [1.165, 1.54) is 23.1 Å². The van der Waals surface area contributed by atoms with Crippen LogP contribution >= 0.6 is 0 Å². The Labute approximate surface area is 211 Å². The maximum absolute atomic E-state index is 13.9. The quantitative estimate of drug-likeness (QED) is 0.304. The van der Waals surface area contributed by atoms with Gasteiger partial charge in [-0.2, -0.15) is 0 Å². The number of nitrogens with zero attached hydrogens (tertiary/aromatic N) is 1. The molecule has 0 aliphatic rings. The molecule has 0 fully saturated rings. The van der Waals surface area contributed by atoms with E-state index in [2.05, 4.69) is 6.92 Å². The van der Waals surface area contributed by atoms with Crippen LogP contribution in [0, 0.1) is 5.82 Å². The molecule has 8 nitrogen and oxygen atoms in total. The molecule has 9 heteroatoms. The van der Waals surface area contributed by atoms with E-state index in [1.54, 1.807) is 37.3 Å². The summed E-state index contributed by atoms with van der Waals surface area (Å²) >= 11 is 0. The van der Waals surface area contributed by atoms with Crippen LogP contribution in [-0.2, 0) is 20.7 Å². The van der Waals surface area contributed by atoms with Crippen molar-refractivity contribution in [3.8, 4) is 11.5 Å². The molecule has 1 N–H and O–H groups in total. The van der Waals surface area contributed by atoms with Crippen LogP contribution in [0.3, 0.4) is 0 Å². The lowest BCUT2D eigenvalue weighted by molar-refractivity contribution is -0.149. The number of carbonyl (C=O) groups excluding carboxylic acids is 1. The lowest BCUT2D eigenvalue weighted by atomic mass is 10.1. The molecule has 1 unspecified atom stereocenters. The van der Waals surface area contributed by atoms with Crippen molar-refractivity contribution >= 4 is 12.1 Å². The van der Waals surface area contributed by atoms with Crippen molar-refractivity contribution in [2.75, 3.05) is 39.5 Å². The highest BCUT2D eigenvalue weighted by atomic mass is 19.1. The molecule has 0 aliphatic heterocycles. The molecule has 2 aromatic rings. The summed E-state index contributed by atoms with van der Waals surface area (Å²) < 4.78 is 35.8. The molecular weight excluding hydrogens is 469 g/mol. The van der Waals surface area contributed by atoms with Crippen LogP contribution in [-0.4, -0.2) is 67.7 Å². The number of para-hydroxylation sites is 1. The highest BCUT2D eigenvalue weighted by molar-refractivity contribution is 5.72. The lowest BCUT2D eigenvalue weighted by Gasteiger charge is -2.22. The van der Waals surface area contributed by atoms with E-state index in [1.807, 2.05) is 0 Å². The first-order valence-corrected chi connectivity index (χ1v) is 12.3. The summed E-state index contributed by atoms with van der Waals surface area (Å²) in [6, 6.07) is 12.8. The van der Waals surface area contributed by atoms with Crippen LogP contribution in [0.2, 0.25) is 0 Å². The molecule has 2 aromatic carbocycles. The van der Waals surface area contributed by atoms with Gasteiger partial charge in [0.2, 0.25) is 0 Å². The average molecular weight is 506 g/mol. The van der Waals surface area contributed by atoms with E-state index in [-0.39, 0.29) is 31.9 Å². The number of hydrogen-bond donors (Lipinski definition) is 1. The van der Waals surface area contributed by atoms with Gasteiger partial charge in [0, 0.05) is 26.2 Å². The summed E-state index contributed by atoms with van der Waals surface area (Å²) in [5, 5.41) is 9.24. The molecule has 0 aliphatic carbocycles. The fourth-order valence-corrected chi connectivity index (χ4v) is 3.34. The van der Waals surface area contributed by atoms with E-state index in [0.29, 0.717) is 25.6 Å². The summed E-state index contributed by atoms with van der Waals surface area (Å²) in [4.78, 5) is 25.4. The summed E-state index contributed by atoms with van der Waals surface area (Å²) in [6.45, 7) is 5.78. The number of aliphatic carboxylic acids is 1. The highest BCUT2D eigenvalue weighted by Gasteiger charge is 2.19. The second kappa shape index (κ2) is 16.5. The van der Waals surface area contributed by atoms with E-state index >= 15 is 0 Å². The Morgan fingerprint density at radius 3 is 2.36 bits per heavy atom. The van der Waals surface area contributed by atoms with E-state index in [4.69, 9.17) is 18.9 Å². The molecule has 1 amide bonds. The van der Waals surface area contributed by atoms with Crippen molar-refractivity contribution in [1.82, 2.24) is 4.90 Å². The van der Waals surface area contributed by atoms with Crippen molar-refractivity contribution in [3.05, 3.63) is 59.9 Å². The summed E-state index contributed by atoms with van der Waals surface area (Å²) in [5.74, 6) is -1.19. The largest absolute Gasteiger partial charge is 0.492 e. The lowest BCUT2D eigenvalue weighted by Crippen LogP contribution is -2.39. The Morgan fingerprint density at radius 2 is 1.69 bits per heavy atom. The standard InChI is InChI=1S/C27H36FNO7/c1-3-5-8-17-33-18-15-29(27(32)36-24-10-7-6-9-23(24)28)16-19-35-22-13-11-21(12-14-22)20-25(26(30)31)34-4-2/h6-7,9-14,25H,3-5,8,15-20H2,1-2H3,(H,30,31). The molecule has 1 atom stereocenters. The van der Waals surface area contributed by atoms with Crippen LogP contribution in [0.1, 0.15) is 38.7 Å². The second-order valence-corrected chi connectivity index (χ2v) is 8.08. The number of halogens is 1. The third-order valence-corrected chi connectivity index (χ3v) is 5.31. The van der Waals surface area contributed by atoms with Crippen LogP contribution in [0.15, 0.2) is 48.5 Å². The number of carbonyl (C=O) groups is 2. The van der Waals surface area contributed by atoms with Gasteiger partial charge in [0.1, 0.15) is 12.4 Å². The normalized spacial score (nSPS) is 11.6. The van der Waals surface area contributed by atoms with Gasteiger partial charge in [0.25, 0.3) is 0 Å². The predicted octanol–water partition coefficient (Wildman–Crippen LogP) is 4.94.